The molecule has 2 fully saturated rings. The van der Waals surface area contributed by atoms with Crippen molar-refractivity contribution in [3.63, 3.8) is 0 Å². The second-order valence-electron chi connectivity index (χ2n) is 9.73. The van der Waals surface area contributed by atoms with E-state index in [2.05, 4.69) is 16.2 Å². The van der Waals surface area contributed by atoms with E-state index in [-0.39, 0.29) is 17.8 Å². The first kappa shape index (κ1) is 22.8. The van der Waals surface area contributed by atoms with Gasteiger partial charge in [0.1, 0.15) is 18.2 Å². The fourth-order valence-corrected chi connectivity index (χ4v) is 5.27. The molecule has 0 bridgehead atoms. The molecule has 0 saturated carbocycles. The lowest BCUT2D eigenvalue weighted by Crippen LogP contribution is -2.61. The van der Waals surface area contributed by atoms with E-state index in [1.807, 2.05) is 40.8 Å². The maximum absolute atomic E-state index is 13.6. The molecule has 1 spiro atoms. The van der Waals surface area contributed by atoms with E-state index in [1.165, 1.54) is 12.1 Å². The van der Waals surface area contributed by atoms with Gasteiger partial charge in [-0.1, -0.05) is 11.2 Å². The number of aryl methyl sites for hydroxylation is 1. The number of rotatable bonds is 5. The Morgan fingerprint density at radius 1 is 1.19 bits per heavy atom. The zero-order valence-electron chi connectivity index (χ0n) is 20.1. The molecule has 4 heterocycles. The van der Waals surface area contributed by atoms with Gasteiger partial charge in [-0.15, -0.1) is 0 Å². The number of aromatic nitrogens is 2. The van der Waals surface area contributed by atoms with Crippen LogP contribution in [0.5, 0.6) is 5.75 Å². The predicted octanol–water partition coefficient (Wildman–Crippen LogP) is 3.62. The van der Waals surface area contributed by atoms with Crippen molar-refractivity contribution in [2.75, 3.05) is 33.5 Å². The first-order valence-corrected chi connectivity index (χ1v) is 11.8. The fourth-order valence-electron chi connectivity index (χ4n) is 5.27. The monoisotopic (exact) mass is 490 g/mol. The maximum Gasteiger partial charge on any atom is 0.260 e. The summed E-state index contributed by atoms with van der Waals surface area (Å²) in [5.41, 5.74) is 3.06. The molecule has 1 atom stereocenters. The first-order valence-electron chi connectivity index (χ1n) is 11.8. The summed E-state index contributed by atoms with van der Waals surface area (Å²) in [6.07, 6.45) is 6.56. The summed E-state index contributed by atoms with van der Waals surface area (Å²) >= 11 is 0. The third-order valence-electron chi connectivity index (χ3n) is 7.18. The van der Waals surface area contributed by atoms with Gasteiger partial charge in [0.15, 0.2) is 5.84 Å². The van der Waals surface area contributed by atoms with Crippen molar-refractivity contribution in [2.45, 2.75) is 19.1 Å². The van der Waals surface area contributed by atoms with Gasteiger partial charge in [0.2, 0.25) is 0 Å². The normalized spacial score (nSPS) is 23.3. The van der Waals surface area contributed by atoms with E-state index in [0.29, 0.717) is 31.2 Å². The summed E-state index contributed by atoms with van der Waals surface area (Å²) < 4.78 is 26.9. The summed E-state index contributed by atoms with van der Waals surface area (Å²) in [6, 6.07) is 12.0. The van der Waals surface area contributed by atoms with E-state index in [0.717, 1.165) is 34.7 Å². The van der Waals surface area contributed by atoms with Crippen molar-refractivity contribution >= 4 is 11.9 Å². The number of halogens is 1. The standard InChI is InChI=1S/C27H27FN4O4/c1-18-12-31(17-29-18)23-8-3-19(10-24(23)34-2)9-20-11-26(15-35-16-26)13-32-25(20)30-36-27(32,14-33)21-4-6-22(28)7-5-21/h3-10,12,17,33H,11,13-16H2,1-2H3. The Labute approximate surface area is 208 Å². The third-order valence-corrected chi connectivity index (χ3v) is 7.18. The molecule has 2 saturated heterocycles. The topological polar surface area (TPSA) is 81.3 Å². The lowest BCUT2D eigenvalue weighted by Gasteiger charge is -2.51. The molecule has 1 unspecified atom stereocenters. The van der Waals surface area contributed by atoms with Crippen LogP contribution >= 0.6 is 0 Å². The van der Waals surface area contributed by atoms with Gasteiger partial charge in [0, 0.05) is 23.7 Å². The molecule has 1 N–H and O–H groups in total. The Hall–Kier alpha value is -3.69. The number of imidazole rings is 1. The number of aliphatic hydroxyl groups excluding tert-OH is 1. The molecule has 9 heteroatoms. The number of fused-ring (bicyclic) bond motifs is 1. The van der Waals surface area contributed by atoms with Gasteiger partial charge < -0.3 is 28.9 Å². The molecule has 3 aromatic rings. The fraction of sp³-hybridized carbons (Fsp3) is 0.333. The molecule has 1 aromatic heterocycles. The molecule has 2 aromatic carbocycles. The zero-order valence-corrected chi connectivity index (χ0v) is 20.1. The van der Waals surface area contributed by atoms with Gasteiger partial charge in [-0.05, 0) is 67.0 Å². The van der Waals surface area contributed by atoms with Gasteiger partial charge in [-0.2, -0.15) is 0 Å². The minimum Gasteiger partial charge on any atom is -0.495 e. The number of piperidine rings is 1. The highest BCUT2D eigenvalue weighted by Crippen LogP contribution is 2.48. The second kappa shape index (κ2) is 8.46. The summed E-state index contributed by atoms with van der Waals surface area (Å²) in [5, 5.41) is 14.9. The molecular weight excluding hydrogens is 463 g/mol. The van der Waals surface area contributed by atoms with Crippen LogP contribution in [0.4, 0.5) is 4.39 Å². The molecule has 0 radical (unpaired) electrons. The highest BCUT2D eigenvalue weighted by molar-refractivity contribution is 6.04. The van der Waals surface area contributed by atoms with Crippen molar-refractivity contribution in [1.29, 1.82) is 0 Å². The molecule has 0 amide bonds. The van der Waals surface area contributed by atoms with Crippen molar-refractivity contribution < 1.29 is 23.8 Å². The number of methoxy groups -OCH3 is 1. The number of nitrogens with zero attached hydrogens (tertiary/aromatic N) is 4. The molecule has 0 aliphatic carbocycles. The number of hydrogen-bond donors (Lipinski definition) is 1. The summed E-state index contributed by atoms with van der Waals surface area (Å²) in [6.45, 7) is 3.45. The lowest BCUT2D eigenvalue weighted by molar-refractivity contribution is -0.178. The van der Waals surface area contributed by atoms with Crippen LogP contribution < -0.4 is 4.74 Å². The van der Waals surface area contributed by atoms with E-state index >= 15 is 0 Å². The third kappa shape index (κ3) is 3.58. The molecular formula is C27H27FN4O4. The Kier molecular flexibility index (Phi) is 5.35. The quantitative estimate of drug-likeness (QED) is 0.589. The largest absolute Gasteiger partial charge is 0.495 e. The van der Waals surface area contributed by atoms with Crippen LogP contribution in [-0.4, -0.2) is 58.9 Å². The van der Waals surface area contributed by atoms with E-state index in [1.54, 1.807) is 25.6 Å². The van der Waals surface area contributed by atoms with Crippen LogP contribution in [0.1, 0.15) is 23.2 Å². The molecule has 8 nitrogen and oxygen atoms in total. The smallest absolute Gasteiger partial charge is 0.260 e. The molecule has 6 rings (SSSR count). The van der Waals surface area contributed by atoms with Crippen molar-refractivity contribution in [1.82, 2.24) is 14.5 Å². The highest BCUT2D eigenvalue weighted by atomic mass is 19.1. The Balaban J connectivity index is 1.39. The number of benzene rings is 2. The zero-order chi connectivity index (χ0) is 24.9. The SMILES string of the molecule is COc1cc(C=C2CC3(COC3)CN3C2=NOC3(CO)c2ccc(F)cc2)ccc1-n1cnc(C)c1. The Morgan fingerprint density at radius 2 is 2.00 bits per heavy atom. The van der Waals surface area contributed by atoms with Crippen LogP contribution in [0.2, 0.25) is 0 Å². The molecule has 3 aliphatic heterocycles. The molecule has 36 heavy (non-hydrogen) atoms. The van der Waals surface area contributed by atoms with E-state index in [9.17, 15) is 9.50 Å². The highest BCUT2D eigenvalue weighted by Gasteiger charge is 2.56. The van der Waals surface area contributed by atoms with Crippen molar-refractivity contribution in [2.24, 2.45) is 10.6 Å². The molecule has 186 valence electrons. The Morgan fingerprint density at radius 3 is 2.64 bits per heavy atom. The van der Waals surface area contributed by atoms with Gasteiger partial charge in [-0.3, -0.25) is 0 Å². The maximum atomic E-state index is 13.6. The molecule has 3 aliphatic rings. The van der Waals surface area contributed by atoms with Gasteiger partial charge in [0.25, 0.3) is 5.72 Å². The van der Waals surface area contributed by atoms with Crippen LogP contribution in [0.3, 0.4) is 0 Å². The van der Waals surface area contributed by atoms with Gasteiger partial charge in [0.05, 0.1) is 38.0 Å². The van der Waals surface area contributed by atoms with Crippen LogP contribution in [0.25, 0.3) is 11.8 Å². The lowest BCUT2D eigenvalue weighted by atomic mass is 9.74. The Bertz CT molecular complexity index is 1360. The summed E-state index contributed by atoms with van der Waals surface area (Å²) in [5.74, 6) is 1.04. The van der Waals surface area contributed by atoms with Crippen molar-refractivity contribution in [3.05, 3.63) is 83.2 Å². The van der Waals surface area contributed by atoms with Crippen LogP contribution in [0, 0.1) is 18.2 Å². The number of hydrogen-bond acceptors (Lipinski definition) is 7. The van der Waals surface area contributed by atoms with Crippen LogP contribution in [-0.2, 0) is 15.3 Å². The number of oxime groups is 1. The van der Waals surface area contributed by atoms with Crippen LogP contribution in [0.15, 0.2) is 65.7 Å². The van der Waals surface area contributed by atoms with E-state index in [4.69, 9.17) is 14.3 Å². The number of ether oxygens (including phenoxy) is 2. The average molecular weight is 491 g/mol. The summed E-state index contributed by atoms with van der Waals surface area (Å²) in [4.78, 5) is 12.3. The summed E-state index contributed by atoms with van der Waals surface area (Å²) in [7, 11) is 1.65. The van der Waals surface area contributed by atoms with E-state index < -0.39 is 5.72 Å². The minimum atomic E-state index is -1.22. The average Bonchev–Trinajstić information content (AvgIpc) is 3.47. The first-order chi connectivity index (χ1) is 17.4. The number of amidine groups is 1. The second-order valence-corrected chi connectivity index (χ2v) is 9.73. The van der Waals surface area contributed by atoms with Gasteiger partial charge >= 0.3 is 0 Å². The number of aliphatic hydroxyl groups is 1. The minimum absolute atomic E-state index is 0.114. The van der Waals surface area contributed by atoms with Crippen molar-refractivity contribution in [3.8, 4) is 11.4 Å². The predicted molar refractivity (Wildman–Crippen MR) is 131 cm³/mol. The van der Waals surface area contributed by atoms with Gasteiger partial charge in [-0.25, -0.2) is 9.37 Å².